The molecule has 9 heteroatoms. The molecule has 0 unspecified atom stereocenters. The molecule has 4 heterocycles. The first-order valence-corrected chi connectivity index (χ1v) is 11.9. The Bertz CT molecular complexity index is 1400. The zero-order valence-corrected chi connectivity index (χ0v) is 19.8. The van der Waals surface area contributed by atoms with Crippen molar-refractivity contribution in [2.45, 2.75) is 65.0 Å². The summed E-state index contributed by atoms with van der Waals surface area (Å²) in [6, 6.07) is 4.00. The number of nitrogens with zero attached hydrogens (tertiary/aromatic N) is 6. The molecule has 0 radical (unpaired) electrons. The van der Waals surface area contributed by atoms with Crippen LogP contribution in [0.3, 0.4) is 0 Å². The van der Waals surface area contributed by atoms with Gasteiger partial charge in [-0.05, 0) is 39.2 Å². The topological polar surface area (TPSA) is 117 Å². The summed E-state index contributed by atoms with van der Waals surface area (Å²) >= 11 is 0. The van der Waals surface area contributed by atoms with Crippen LogP contribution in [0.4, 0.5) is 11.6 Å². The highest BCUT2D eigenvalue weighted by molar-refractivity contribution is 5.96. The Morgan fingerprint density at radius 3 is 2.68 bits per heavy atom. The number of fused-ring (bicyclic) bond motifs is 1. The predicted molar refractivity (Wildman–Crippen MR) is 134 cm³/mol. The Labute approximate surface area is 198 Å². The Hall–Kier alpha value is -3.75. The average Bonchev–Trinajstić information content (AvgIpc) is 3.51. The van der Waals surface area contributed by atoms with Gasteiger partial charge >= 0.3 is 0 Å². The van der Waals surface area contributed by atoms with Crippen LogP contribution in [0.15, 0.2) is 41.7 Å². The molecule has 176 valence electrons. The van der Waals surface area contributed by atoms with E-state index in [4.69, 9.17) is 15.7 Å². The van der Waals surface area contributed by atoms with Crippen molar-refractivity contribution in [2.75, 3.05) is 11.1 Å². The van der Waals surface area contributed by atoms with Gasteiger partial charge in [0.15, 0.2) is 5.82 Å². The summed E-state index contributed by atoms with van der Waals surface area (Å²) in [4.78, 5) is 26.7. The number of aryl methyl sites for hydroxylation is 1. The van der Waals surface area contributed by atoms with Crippen LogP contribution in [0.1, 0.15) is 58.2 Å². The van der Waals surface area contributed by atoms with Crippen LogP contribution in [-0.4, -0.2) is 35.3 Å². The third-order valence-corrected chi connectivity index (χ3v) is 6.48. The lowest BCUT2D eigenvalue weighted by atomic mass is 10.1. The van der Waals surface area contributed by atoms with Crippen molar-refractivity contribution >= 4 is 22.7 Å². The monoisotopic (exact) mass is 458 g/mol. The lowest BCUT2D eigenvalue weighted by Crippen LogP contribution is -2.21. The molecule has 4 aromatic heterocycles. The van der Waals surface area contributed by atoms with Crippen LogP contribution in [0, 0.1) is 0 Å². The fourth-order valence-electron chi connectivity index (χ4n) is 4.58. The quantitative estimate of drug-likeness (QED) is 0.446. The minimum atomic E-state index is -0.0651. The summed E-state index contributed by atoms with van der Waals surface area (Å²) in [6.45, 7) is 6.03. The minimum Gasteiger partial charge on any atom is -0.382 e. The second kappa shape index (κ2) is 8.89. The maximum atomic E-state index is 12.5. The zero-order chi connectivity index (χ0) is 23.8. The minimum absolute atomic E-state index is 0.0651. The lowest BCUT2D eigenvalue weighted by Gasteiger charge is -2.17. The molecule has 3 N–H and O–H groups in total. The molecule has 0 aromatic carbocycles. The van der Waals surface area contributed by atoms with E-state index in [1.54, 1.807) is 33.9 Å². The lowest BCUT2D eigenvalue weighted by molar-refractivity contribution is 0.577. The molecule has 1 aliphatic carbocycles. The molecule has 0 atom stereocenters. The first-order chi connectivity index (χ1) is 16.4. The van der Waals surface area contributed by atoms with Crippen molar-refractivity contribution in [1.29, 1.82) is 0 Å². The highest BCUT2D eigenvalue weighted by atomic mass is 16.1. The van der Waals surface area contributed by atoms with Crippen LogP contribution < -0.4 is 16.6 Å². The summed E-state index contributed by atoms with van der Waals surface area (Å²) < 4.78 is 3.38. The van der Waals surface area contributed by atoms with Gasteiger partial charge in [0.05, 0.1) is 17.6 Å². The number of pyridine rings is 2. The Balaban J connectivity index is 1.57. The molecule has 34 heavy (non-hydrogen) atoms. The van der Waals surface area contributed by atoms with Gasteiger partial charge in [-0.1, -0.05) is 19.8 Å². The summed E-state index contributed by atoms with van der Waals surface area (Å²) in [5, 5.41) is 8.10. The van der Waals surface area contributed by atoms with Crippen molar-refractivity contribution in [3.05, 3.63) is 53.0 Å². The van der Waals surface area contributed by atoms with Gasteiger partial charge in [-0.25, -0.2) is 19.6 Å². The Morgan fingerprint density at radius 1 is 1.18 bits per heavy atom. The van der Waals surface area contributed by atoms with E-state index in [1.807, 2.05) is 26.1 Å². The van der Waals surface area contributed by atoms with Crippen molar-refractivity contribution in [1.82, 2.24) is 29.3 Å². The molecular weight excluding hydrogens is 428 g/mol. The van der Waals surface area contributed by atoms with Crippen LogP contribution in [0.25, 0.3) is 27.8 Å². The second-order valence-electron chi connectivity index (χ2n) is 9.15. The number of nitrogens with one attached hydrogen (secondary N) is 1. The molecule has 0 amide bonds. The molecule has 5 rings (SSSR count). The third kappa shape index (κ3) is 4.02. The largest absolute Gasteiger partial charge is 0.382 e. The van der Waals surface area contributed by atoms with E-state index in [1.165, 1.54) is 12.8 Å². The van der Waals surface area contributed by atoms with Crippen LogP contribution in [0.2, 0.25) is 0 Å². The molecule has 0 spiro atoms. The van der Waals surface area contributed by atoms with Crippen LogP contribution in [-0.2, 0) is 6.42 Å². The number of aromatic nitrogens is 6. The zero-order valence-electron chi connectivity index (χ0n) is 19.8. The average molecular weight is 459 g/mol. The maximum Gasteiger partial charge on any atom is 0.252 e. The van der Waals surface area contributed by atoms with Crippen molar-refractivity contribution in [3.8, 4) is 16.8 Å². The summed E-state index contributed by atoms with van der Waals surface area (Å²) in [7, 11) is 0. The van der Waals surface area contributed by atoms with Gasteiger partial charge < -0.3 is 15.6 Å². The number of anilines is 2. The fourth-order valence-corrected chi connectivity index (χ4v) is 4.58. The highest BCUT2D eigenvalue weighted by Crippen LogP contribution is 2.31. The smallest absolute Gasteiger partial charge is 0.252 e. The Morgan fingerprint density at radius 2 is 1.97 bits per heavy atom. The van der Waals surface area contributed by atoms with Gasteiger partial charge in [0.25, 0.3) is 5.56 Å². The molecule has 1 aliphatic rings. The van der Waals surface area contributed by atoms with E-state index in [0.717, 1.165) is 41.9 Å². The van der Waals surface area contributed by atoms with E-state index in [0.29, 0.717) is 28.6 Å². The molecule has 1 fully saturated rings. The summed E-state index contributed by atoms with van der Waals surface area (Å²) in [5.74, 6) is 1.18. The van der Waals surface area contributed by atoms with E-state index < -0.39 is 0 Å². The van der Waals surface area contributed by atoms with Crippen LogP contribution in [0.5, 0.6) is 0 Å². The van der Waals surface area contributed by atoms with Gasteiger partial charge in [0, 0.05) is 47.9 Å². The molecule has 0 bridgehead atoms. The Kier molecular flexibility index (Phi) is 5.77. The first-order valence-electron chi connectivity index (χ1n) is 11.9. The van der Waals surface area contributed by atoms with Gasteiger partial charge in [-0.15, -0.1) is 0 Å². The number of hydrogen-bond donors (Lipinski definition) is 2. The van der Waals surface area contributed by atoms with Crippen molar-refractivity contribution in [3.63, 3.8) is 0 Å². The van der Waals surface area contributed by atoms with Gasteiger partial charge in [-0.3, -0.25) is 4.79 Å². The van der Waals surface area contributed by atoms with Gasteiger partial charge in [-0.2, -0.15) is 5.10 Å². The molecule has 0 saturated heterocycles. The number of rotatable bonds is 6. The SMILES string of the molecule is CCc1nc2c(N)ncc(-c3cnn(-c4ccn(C(C)C)c(=O)c4)c3)c2nc1NC1CCCC1. The number of nitrogens with two attached hydrogens (primary N) is 1. The molecule has 0 aliphatic heterocycles. The normalized spacial score (nSPS) is 14.4. The summed E-state index contributed by atoms with van der Waals surface area (Å²) in [5.41, 5.74) is 10.6. The highest BCUT2D eigenvalue weighted by Gasteiger charge is 2.20. The van der Waals surface area contributed by atoms with Crippen molar-refractivity contribution < 1.29 is 0 Å². The van der Waals surface area contributed by atoms with Gasteiger partial charge in [0.1, 0.15) is 16.9 Å². The van der Waals surface area contributed by atoms with E-state index in [-0.39, 0.29) is 11.6 Å². The van der Waals surface area contributed by atoms with Gasteiger partial charge in [0.2, 0.25) is 0 Å². The van der Waals surface area contributed by atoms with Crippen molar-refractivity contribution in [2.24, 2.45) is 0 Å². The molecule has 4 aromatic rings. The summed E-state index contributed by atoms with van der Waals surface area (Å²) in [6.07, 6.45) is 12.7. The van der Waals surface area contributed by atoms with Crippen LogP contribution >= 0.6 is 0 Å². The fraction of sp³-hybridized carbons (Fsp3) is 0.400. The second-order valence-corrected chi connectivity index (χ2v) is 9.15. The standard InChI is InChI=1S/C25H30N8O/c1-4-20-25(29-17-7-5-6-8-17)31-22-19(13-27-24(26)23(22)30-20)16-12-28-33(14-16)18-9-10-32(15(2)3)21(34)11-18/h9-15,17H,4-8H2,1-3H3,(H2,26,27)(H,29,31). The maximum absolute atomic E-state index is 12.5. The third-order valence-electron chi connectivity index (χ3n) is 6.48. The van der Waals surface area contributed by atoms with E-state index >= 15 is 0 Å². The molecule has 9 nitrogen and oxygen atoms in total. The van der Waals surface area contributed by atoms with E-state index in [2.05, 4.69) is 22.3 Å². The number of hydrogen-bond acceptors (Lipinski definition) is 7. The first kappa shape index (κ1) is 22.1. The molecule has 1 saturated carbocycles. The van der Waals surface area contributed by atoms with E-state index in [9.17, 15) is 4.79 Å². The molecular formula is C25H30N8O. The number of nitrogen functional groups attached to an aromatic ring is 1. The predicted octanol–water partition coefficient (Wildman–Crippen LogP) is 4.12.